The lowest BCUT2D eigenvalue weighted by molar-refractivity contribution is -0.138. The Labute approximate surface area is 110 Å². The first-order chi connectivity index (χ1) is 8.97. The summed E-state index contributed by atoms with van der Waals surface area (Å²) >= 11 is 0. The van der Waals surface area contributed by atoms with Gasteiger partial charge in [0, 0.05) is 18.7 Å². The summed E-state index contributed by atoms with van der Waals surface area (Å²) in [5.41, 5.74) is 6.85. The molecule has 0 aliphatic carbocycles. The van der Waals surface area contributed by atoms with Crippen LogP contribution in [0.1, 0.15) is 13.3 Å². The Morgan fingerprint density at radius 1 is 1.58 bits per heavy atom. The molecule has 1 atom stereocenters. The molecule has 19 heavy (non-hydrogen) atoms. The van der Waals surface area contributed by atoms with Crippen molar-refractivity contribution in [3.63, 3.8) is 0 Å². The number of carbonyl (C=O) groups excluding carboxylic acids is 1. The molecule has 1 aromatic rings. The van der Waals surface area contributed by atoms with E-state index in [4.69, 9.17) is 15.6 Å². The van der Waals surface area contributed by atoms with E-state index in [1.807, 2.05) is 0 Å². The van der Waals surface area contributed by atoms with Gasteiger partial charge in [0.25, 0.3) is 5.91 Å². The maximum atomic E-state index is 11.9. The number of fused-ring (bicyclic) bond motifs is 1. The van der Waals surface area contributed by atoms with E-state index in [0.717, 1.165) is 0 Å². The number of anilines is 2. The molecule has 0 saturated carbocycles. The summed E-state index contributed by atoms with van der Waals surface area (Å²) in [6.45, 7) is 2.10. The molecule has 0 aromatic heterocycles. The van der Waals surface area contributed by atoms with Crippen LogP contribution >= 0.6 is 0 Å². The van der Waals surface area contributed by atoms with Crippen molar-refractivity contribution < 1.29 is 19.4 Å². The van der Waals surface area contributed by atoms with Crippen LogP contribution in [0.3, 0.4) is 0 Å². The number of aliphatic carboxylic acids is 1. The summed E-state index contributed by atoms with van der Waals surface area (Å²) in [5, 5.41) is 8.77. The molecule has 3 N–H and O–H groups in total. The molecule has 0 radical (unpaired) electrons. The van der Waals surface area contributed by atoms with E-state index in [2.05, 4.69) is 0 Å². The highest BCUT2D eigenvalue weighted by molar-refractivity contribution is 5.98. The number of amides is 1. The molecule has 1 aliphatic heterocycles. The summed E-state index contributed by atoms with van der Waals surface area (Å²) in [5.74, 6) is -0.610. The Morgan fingerprint density at radius 3 is 3.00 bits per heavy atom. The van der Waals surface area contributed by atoms with E-state index in [1.165, 1.54) is 0 Å². The molecule has 2 rings (SSSR count). The molecule has 1 aromatic carbocycles. The van der Waals surface area contributed by atoms with Gasteiger partial charge in [0.05, 0.1) is 5.69 Å². The Bertz CT molecular complexity index is 515. The number of hydrogen-bond donors (Lipinski definition) is 2. The van der Waals surface area contributed by atoms with Crippen molar-refractivity contribution in [3.05, 3.63) is 18.2 Å². The van der Waals surface area contributed by atoms with Crippen molar-refractivity contribution in [2.45, 2.75) is 13.3 Å². The summed E-state index contributed by atoms with van der Waals surface area (Å²) in [6.07, 6.45) is 0.0162. The zero-order valence-electron chi connectivity index (χ0n) is 10.6. The van der Waals surface area contributed by atoms with Crippen molar-refractivity contribution >= 4 is 23.3 Å². The van der Waals surface area contributed by atoms with Crippen LogP contribution in [-0.4, -0.2) is 30.1 Å². The molecule has 6 nitrogen and oxygen atoms in total. The minimum atomic E-state index is -0.874. The SMILES string of the molecule is CC(CC(=O)O)CN1C(=O)COc2ccc(N)cc21. The second-order valence-electron chi connectivity index (χ2n) is 4.72. The molecular formula is C13H16N2O4. The lowest BCUT2D eigenvalue weighted by Gasteiger charge is -2.31. The predicted octanol–water partition coefficient (Wildman–Crippen LogP) is 1.10. The van der Waals surface area contributed by atoms with Crippen molar-refractivity contribution in [3.8, 4) is 5.75 Å². The fourth-order valence-corrected chi connectivity index (χ4v) is 2.09. The molecule has 6 heteroatoms. The Hall–Kier alpha value is -2.24. The molecule has 0 spiro atoms. The van der Waals surface area contributed by atoms with E-state index in [1.54, 1.807) is 30.0 Å². The van der Waals surface area contributed by atoms with Crippen LogP contribution in [0.2, 0.25) is 0 Å². The molecule has 0 saturated heterocycles. The minimum Gasteiger partial charge on any atom is -0.482 e. The molecule has 0 fully saturated rings. The predicted molar refractivity (Wildman–Crippen MR) is 70.1 cm³/mol. The average Bonchev–Trinajstić information content (AvgIpc) is 2.32. The molecule has 1 aliphatic rings. The maximum absolute atomic E-state index is 11.9. The van der Waals surface area contributed by atoms with Crippen LogP contribution in [0.15, 0.2) is 18.2 Å². The second-order valence-corrected chi connectivity index (χ2v) is 4.72. The number of rotatable bonds is 4. The molecule has 1 unspecified atom stereocenters. The van der Waals surface area contributed by atoms with Gasteiger partial charge in [-0.2, -0.15) is 0 Å². The fourth-order valence-electron chi connectivity index (χ4n) is 2.09. The molecule has 0 bridgehead atoms. The highest BCUT2D eigenvalue weighted by Crippen LogP contribution is 2.34. The van der Waals surface area contributed by atoms with Crippen LogP contribution in [0.25, 0.3) is 0 Å². The van der Waals surface area contributed by atoms with Gasteiger partial charge in [-0.05, 0) is 24.1 Å². The highest BCUT2D eigenvalue weighted by atomic mass is 16.5. The van der Waals surface area contributed by atoms with Gasteiger partial charge in [0.15, 0.2) is 6.61 Å². The number of hydrogen-bond acceptors (Lipinski definition) is 4. The minimum absolute atomic E-state index is 0.0162. The summed E-state index contributed by atoms with van der Waals surface area (Å²) in [4.78, 5) is 24.1. The number of benzene rings is 1. The highest BCUT2D eigenvalue weighted by Gasteiger charge is 2.27. The lowest BCUT2D eigenvalue weighted by Crippen LogP contribution is -2.41. The quantitative estimate of drug-likeness (QED) is 0.794. The number of nitrogens with zero attached hydrogens (tertiary/aromatic N) is 1. The smallest absolute Gasteiger partial charge is 0.303 e. The van der Waals surface area contributed by atoms with Gasteiger partial charge in [0.2, 0.25) is 0 Å². The van der Waals surface area contributed by atoms with Crippen LogP contribution in [-0.2, 0) is 9.59 Å². The van der Waals surface area contributed by atoms with E-state index < -0.39 is 5.97 Å². The monoisotopic (exact) mass is 264 g/mol. The van der Waals surface area contributed by atoms with Crippen molar-refractivity contribution in [2.24, 2.45) is 5.92 Å². The Kier molecular flexibility index (Phi) is 3.59. The fraction of sp³-hybridized carbons (Fsp3) is 0.385. The number of ether oxygens (including phenoxy) is 1. The van der Waals surface area contributed by atoms with Crippen LogP contribution in [0, 0.1) is 5.92 Å². The van der Waals surface area contributed by atoms with Crippen LogP contribution in [0.5, 0.6) is 5.75 Å². The third kappa shape index (κ3) is 2.96. The average molecular weight is 264 g/mol. The number of carbonyl (C=O) groups is 2. The van der Waals surface area contributed by atoms with Gasteiger partial charge >= 0.3 is 5.97 Å². The second kappa shape index (κ2) is 5.17. The van der Waals surface area contributed by atoms with E-state index in [9.17, 15) is 9.59 Å². The normalized spacial score (nSPS) is 15.6. The lowest BCUT2D eigenvalue weighted by atomic mass is 10.1. The molecule has 1 amide bonds. The maximum Gasteiger partial charge on any atom is 0.303 e. The number of carboxylic acid groups (broad SMARTS) is 1. The van der Waals surface area contributed by atoms with Gasteiger partial charge in [-0.25, -0.2) is 0 Å². The van der Waals surface area contributed by atoms with Crippen molar-refractivity contribution in [2.75, 3.05) is 23.8 Å². The summed E-state index contributed by atoms with van der Waals surface area (Å²) < 4.78 is 5.32. The van der Waals surface area contributed by atoms with Gasteiger partial charge < -0.3 is 20.5 Å². The Morgan fingerprint density at radius 2 is 2.32 bits per heavy atom. The molecule has 102 valence electrons. The van der Waals surface area contributed by atoms with Gasteiger partial charge in [-0.1, -0.05) is 6.92 Å². The van der Waals surface area contributed by atoms with Gasteiger partial charge in [0.1, 0.15) is 5.75 Å². The largest absolute Gasteiger partial charge is 0.482 e. The standard InChI is InChI=1S/C13H16N2O4/c1-8(4-13(17)18)6-15-10-5-9(14)2-3-11(10)19-7-12(15)16/h2-3,5,8H,4,6-7,14H2,1H3,(H,17,18). The zero-order chi connectivity index (χ0) is 14.0. The molecule has 1 heterocycles. The number of nitrogen functional groups attached to an aromatic ring is 1. The topological polar surface area (TPSA) is 92.9 Å². The van der Waals surface area contributed by atoms with Crippen molar-refractivity contribution in [1.82, 2.24) is 0 Å². The third-order valence-corrected chi connectivity index (χ3v) is 2.94. The first-order valence-corrected chi connectivity index (χ1v) is 6.02. The van der Waals surface area contributed by atoms with Crippen LogP contribution in [0.4, 0.5) is 11.4 Å². The summed E-state index contributed by atoms with van der Waals surface area (Å²) in [6, 6.07) is 5.08. The van der Waals surface area contributed by atoms with Gasteiger partial charge in [-0.3, -0.25) is 9.59 Å². The first-order valence-electron chi connectivity index (χ1n) is 6.02. The van der Waals surface area contributed by atoms with Gasteiger partial charge in [-0.15, -0.1) is 0 Å². The molecular weight excluding hydrogens is 248 g/mol. The summed E-state index contributed by atoms with van der Waals surface area (Å²) in [7, 11) is 0. The van der Waals surface area contributed by atoms with Crippen LogP contribution < -0.4 is 15.4 Å². The van der Waals surface area contributed by atoms with E-state index in [-0.39, 0.29) is 24.9 Å². The number of carboxylic acids is 1. The third-order valence-electron chi connectivity index (χ3n) is 2.94. The Balaban J connectivity index is 2.22. The number of nitrogens with two attached hydrogens (primary N) is 1. The first kappa shape index (κ1) is 13.2. The van der Waals surface area contributed by atoms with E-state index in [0.29, 0.717) is 23.7 Å². The van der Waals surface area contributed by atoms with Crippen molar-refractivity contribution in [1.29, 1.82) is 0 Å². The van der Waals surface area contributed by atoms with E-state index >= 15 is 0 Å². The zero-order valence-corrected chi connectivity index (χ0v) is 10.6.